The van der Waals surface area contributed by atoms with Gasteiger partial charge in [0.2, 0.25) is 5.91 Å². The van der Waals surface area contributed by atoms with Crippen molar-refractivity contribution in [1.82, 2.24) is 15.3 Å². The molecule has 0 saturated heterocycles. The quantitative estimate of drug-likeness (QED) is 0.816. The van der Waals surface area contributed by atoms with Crippen LogP contribution in [0.1, 0.15) is 58.2 Å². The third kappa shape index (κ3) is 1.62. The first kappa shape index (κ1) is 12.9. The molecule has 114 valence electrons. The Bertz CT molecular complexity index is 872. The minimum absolute atomic E-state index is 0.262. The molecule has 3 aliphatic rings. The largest absolute Gasteiger partial charge is 0.291 e. The Kier molecular flexibility index (Phi) is 2.39. The smallest absolute Gasteiger partial charge is 0.259 e. The molecule has 1 aliphatic heterocycles. The standard InChI is InChI=1S/C18H15N3O2/c22-16-11-5-6-13(10-3-4-10)20-15(11)18(17(23)21-16)8-7-14-12(18)2-1-9-19-14/h1-2,5-6,9-10H,3-4,7-8H2,(H,21,22,23). The number of hydrogen-bond donors (Lipinski definition) is 1. The zero-order chi connectivity index (χ0) is 15.6. The molecule has 1 unspecified atom stereocenters. The van der Waals surface area contributed by atoms with Crippen molar-refractivity contribution in [3.8, 4) is 0 Å². The maximum Gasteiger partial charge on any atom is 0.259 e. The lowest BCUT2D eigenvalue weighted by Crippen LogP contribution is -2.52. The molecule has 1 fully saturated rings. The molecule has 1 saturated carbocycles. The van der Waals surface area contributed by atoms with Gasteiger partial charge in [-0.25, -0.2) is 0 Å². The minimum Gasteiger partial charge on any atom is -0.291 e. The SMILES string of the molecule is O=C1NC(=O)C2(CCc3ncccc32)c2nc(C3CC3)ccc21. The van der Waals surface area contributed by atoms with Crippen LogP contribution in [0.25, 0.3) is 0 Å². The van der Waals surface area contributed by atoms with Crippen LogP contribution in [-0.2, 0) is 16.6 Å². The summed E-state index contributed by atoms with van der Waals surface area (Å²) in [5.74, 6) is -0.128. The lowest BCUT2D eigenvalue weighted by atomic mass is 9.74. The van der Waals surface area contributed by atoms with E-state index in [0.717, 1.165) is 36.2 Å². The normalized spacial score (nSPS) is 25.2. The van der Waals surface area contributed by atoms with Crippen molar-refractivity contribution >= 4 is 11.8 Å². The molecule has 2 aromatic rings. The van der Waals surface area contributed by atoms with Gasteiger partial charge in [0, 0.05) is 23.5 Å². The molecule has 2 aliphatic carbocycles. The van der Waals surface area contributed by atoms with Gasteiger partial charge in [0.25, 0.3) is 5.91 Å². The lowest BCUT2D eigenvalue weighted by molar-refractivity contribution is -0.124. The molecule has 0 aromatic carbocycles. The summed E-state index contributed by atoms with van der Waals surface area (Å²) in [7, 11) is 0. The first-order valence-electron chi connectivity index (χ1n) is 8.02. The maximum absolute atomic E-state index is 12.9. The molecule has 5 heteroatoms. The fraction of sp³-hybridized carbons (Fsp3) is 0.333. The van der Waals surface area contributed by atoms with Crippen LogP contribution in [0.15, 0.2) is 30.5 Å². The molecule has 5 rings (SSSR count). The number of nitrogens with one attached hydrogen (secondary N) is 1. The average molecular weight is 305 g/mol. The van der Waals surface area contributed by atoms with Gasteiger partial charge in [-0.05, 0) is 49.4 Å². The number of hydrogen-bond acceptors (Lipinski definition) is 4. The highest BCUT2D eigenvalue weighted by Gasteiger charge is 2.53. The average Bonchev–Trinajstić information content (AvgIpc) is 3.34. The van der Waals surface area contributed by atoms with Crippen LogP contribution in [0.2, 0.25) is 0 Å². The summed E-state index contributed by atoms with van der Waals surface area (Å²) < 4.78 is 0. The van der Waals surface area contributed by atoms with Gasteiger partial charge in [-0.1, -0.05) is 6.07 Å². The number of aromatic nitrogens is 2. The Morgan fingerprint density at radius 1 is 1.17 bits per heavy atom. The fourth-order valence-corrected chi connectivity index (χ4v) is 3.92. The summed E-state index contributed by atoms with van der Waals surface area (Å²) in [6.07, 6.45) is 5.37. The highest BCUT2D eigenvalue weighted by atomic mass is 16.2. The molecule has 1 atom stereocenters. The summed E-state index contributed by atoms with van der Waals surface area (Å²) in [4.78, 5) is 34.3. The number of aryl methyl sites for hydroxylation is 1. The predicted molar refractivity (Wildman–Crippen MR) is 82.0 cm³/mol. The molecule has 0 radical (unpaired) electrons. The van der Waals surface area contributed by atoms with Gasteiger partial charge < -0.3 is 0 Å². The van der Waals surface area contributed by atoms with Crippen LogP contribution in [-0.4, -0.2) is 21.8 Å². The van der Waals surface area contributed by atoms with Crippen LogP contribution in [0, 0.1) is 0 Å². The zero-order valence-corrected chi connectivity index (χ0v) is 12.5. The number of pyridine rings is 2. The molecular weight excluding hydrogens is 290 g/mol. The van der Waals surface area contributed by atoms with Gasteiger partial charge in [-0.2, -0.15) is 0 Å². The van der Waals surface area contributed by atoms with E-state index in [-0.39, 0.29) is 11.8 Å². The van der Waals surface area contributed by atoms with Crippen molar-refractivity contribution in [3.05, 3.63) is 58.7 Å². The van der Waals surface area contributed by atoms with Crippen LogP contribution in [0.4, 0.5) is 0 Å². The fourth-order valence-electron chi connectivity index (χ4n) is 3.92. The summed E-state index contributed by atoms with van der Waals surface area (Å²) in [6.45, 7) is 0. The molecule has 23 heavy (non-hydrogen) atoms. The van der Waals surface area contributed by atoms with E-state index in [9.17, 15) is 9.59 Å². The highest BCUT2D eigenvalue weighted by Crippen LogP contribution is 2.47. The van der Waals surface area contributed by atoms with Gasteiger partial charge in [0.15, 0.2) is 0 Å². The second-order valence-corrected chi connectivity index (χ2v) is 6.59. The number of amides is 2. The van der Waals surface area contributed by atoms with E-state index in [1.165, 1.54) is 0 Å². The monoisotopic (exact) mass is 305 g/mol. The van der Waals surface area contributed by atoms with Crippen LogP contribution in [0.3, 0.4) is 0 Å². The Hall–Kier alpha value is -2.56. The predicted octanol–water partition coefficient (Wildman–Crippen LogP) is 1.86. The number of rotatable bonds is 1. The first-order valence-corrected chi connectivity index (χ1v) is 8.02. The van der Waals surface area contributed by atoms with E-state index in [1.54, 1.807) is 6.20 Å². The van der Waals surface area contributed by atoms with Crippen molar-refractivity contribution in [1.29, 1.82) is 0 Å². The molecule has 1 spiro atoms. The summed E-state index contributed by atoms with van der Waals surface area (Å²) in [5, 5.41) is 2.53. The van der Waals surface area contributed by atoms with Crippen molar-refractivity contribution in [2.75, 3.05) is 0 Å². The third-order valence-corrected chi connectivity index (χ3v) is 5.26. The van der Waals surface area contributed by atoms with Gasteiger partial charge in [0.1, 0.15) is 5.41 Å². The third-order valence-electron chi connectivity index (χ3n) is 5.26. The Balaban J connectivity index is 1.80. The van der Waals surface area contributed by atoms with Gasteiger partial charge in [-0.15, -0.1) is 0 Å². The zero-order valence-electron chi connectivity index (χ0n) is 12.5. The molecule has 2 aromatic heterocycles. The van der Waals surface area contributed by atoms with E-state index < -0.39 is 5.41 Å². The van der Waals surface area contributed by atoms with Crippen LogP contribution in [0.5, 0.6) is 0 Å². The molecule has 0 bridgehead atoms. The van der Waals surface area contributed by atoms with Crippen molar-refractivity contribution in [2.45, 2.75) is 37.0 Å². The Labute approximate surface area is 133 Å². The van der Waals surface area contributed by atoms with E-state index in [4.69, 9.17) is 4.98 Å². The second kappa shape index (κ2) is 4.25. The summed E-state index contributed by atoms with van der Waals surface area (Å²) >= 11 is 0. The molecule has 1 N–H and O–H groups in total. The molecular formula is C18H15N3O2. The van der Waals surface area contributed by atoms with Crippen molar-refractivity contribution in [2.24, 2.45) is 0 Å². The highest BCUT2D eigenvalue weighted by molar-refractivity contribution is 6.14. The van der Waals surface area contributed by atoms with Gasteiger partial charge in [-0.3, -0.25) is 24.9 Å². The van der Waals surface area contributed by atoms with Crippen molar-refractivity contribution < 1.29 is 9.59 Å². The molecule has 3 heterocycles. The minimum atomic E-state index is -0.863. The molecule has 5 nitrogen and oxygen atoms in total. The van der Waals surface area contributed by atoms with E-state index in [1.807, 2.05) is 24.3 Å². The van der Waals surface area contributed by atoms with E-state index in [0.29, 0.717) is 23.6 Å². The Morgan fingerprint density at radius 3 is 2.87 bits per heavy atom. The topological polar surface area (TPSA) is 72.0 Å². The van der Waals surface area contributed by atoms with Crippen LogP contribution >= 0.6 is 0 Å². The van der Waals surface area contributed by atoms with E-state index >= 15 is 0 Å². The maximum atomic E-state index is 12.9. The number of fused-ring (bicyclic) bond motifs is 4. The van der Waals surface area contributed by atoms with Gasteiger partial charge in [0.05, 0.1) is 11.3 Å². The second-order valence-electron chi connectivity index (χ2n) is 6.59. The number of nitrogens with zero attached hydrogens (tertiary/aromatic N) is 2. The Morgan fingerprint density at radius 2 is 2.04 bits per heavy atom. The van der Waals surface area contributed by atoms with Gasteiger partial charge >= 0.3 is 0 Å². The van der Waals surface area contributed by atoms with Crippen LogP contribution < -0.4 is 5.32 Å². The first-order chi connectivity index (χ1) is 11.2. The summed E-state index contributed by atoms with van der Waals surface area (Å²) in [5.41, 5.74) is 3.11. The van der Waals surface area contributed by atoms with Crippen molar-refractivity contribution in [3.63, 3.8) is 0 Å². The lowest BCUT2D eigenvalue weighted by Gasteiger charge is -2.33. The number of imide groups is 1. The van der Waals surface area contributed by atoms with E-state index in [2.05, 4.69) is 10.3 Å². The summed E-state index contributed by atoms with van der Waals surface area (Å²) in [6, 6.07) is 7.55. The molecule has 2 amide bonds. The number of carbonyl (C=O) groups is 2. The number of carbonyl (C=O) groups excluding carboxylic acids is 2.